The van der Waals surface area contributed by atoms with Crippen LogP contribution in [0.15, 0.2) is 168 Å². The summed E-state index contributed by atoms with van der Waals surface area (Å²) in [6.45, 7) is 0. The van der Waals surface area contributed by atoms with Gasteiger partial charge in [-0.1, -0.05) is 146 Å². The lowest BCUT2D eigenvalue weighted by Crippen LogP contribution is -2.54. The highest BCUT2D eigenvalue weighted by molar-refractivity contribution is 6.16. The minimum Gasteiger partial charge on any atom is -0.376 e. The zero-order valence-electron chi connectivity index (χ0n) is 21.8. The molecule has 0 saturated heterocycles. The molecular weight excluding hydrogens is 488 g/mol. The van der Waals surface area contributed by atoms with Gasteiger partial charge in [0.05, 0.1) is 0 Å². The highest BCUT2D eigenvalue weighted by atomic mass is 16.4. The summed E-state index contributed by atoms with van der Waals surface area (Å²) in [5, 5.41) is 27.6. The van der Waals surface area contributed by atoms with Gasteiger partial charge in [0, 0.05) is 22.3 Å². The highest BCUT2D eigenvalue weighted by Gasteiger charge is 2.66. The lowest BCUT2D eigenvalue weighted by atomic mass is 9.65. The van der Waals surface area contributed by atoms with Gasteiger partial charge in [0.15, 0.2) is 11.2 Å². The van der Waals surface area contributed by atoms with Crippen LogP contribution >= 0.6 is 0 Å². The van der Waals surface area contributed by atoms with E-state index >= 15 is 0 Å². The van der Waals surface area contributed by atoms with Crippen molar-refractivity contribution < 1.29 is 10.2 Å². The Kier molecular flexibility index (Phi) is 4.84. The Morgan fingerprint density at radius 1 is 0.325 bits per heavy atom. The van der Waals surface area contributed by atoms with E-state index in [2.05, 4.69) is 24.3 Å². The first-order valence-electron chi connectivity index (χ1n) is 13.7. The zero-order chi connectivity index (χ0) is 26.9. The summed E-state index contributed by atoms with van der Waals surface area (Å²) in [6.07, 6.45) is 32.1. The molecule has 2 aromatic rings. The fraction of sp³-hybridized carbons (Fsp3) is 0.0526. The maximum atomic E-state index is 13.8. The molecule has 0 atom stereocenters. The summed E-state index contributed by atoms with van der Waals surface area (Å²) in [6, 6.07) is 16.3. The number of rotatable bonds is 1. The molecule has 8 rings (SSSR count). The molecule has 6 aliphatic rings. The molecule has 2 nitrogen and oxygen atoms in total. The van der Waals surface area contributed by atoms with Crippen molar-refractivity contribution in [3.8, 4) is 0 Å². The van der Waals surface area contributed by atoms with Gasteiger partial charge < -0.3 is 10.2 Å². The van der Waals surface area contributed by atoms with Gasteiger partial charge in [-0.3, -0.25) is 0 Å². The van der Waals surface area contributed by atoms with Gasteiger partial charge in [0.25, 0.3) is 0 Å². The van der Waals surface area contributed by atoms with Gasteiger partial charge in [0.1, 0.15) is 0 Å². The van der Waals surface area contributed by atoms with Crippen molar-refractivity contribution in [3.05, 3.63) is 190 Å². The van der Waals surface area contributed by atoms with Crippen LogP contribution in [-0.2, 0) is 0 Å². The number of hydrogen-bond acceptors (Lipinski definition) is 2. The molecule has 6 aliphatic carbocycles. The number of benzene rings is 2. The highest BCUT2D eigenvalue weighted by Crippen LogP contribution is 2.66. The number of hydrogen-bond donors (Lipinski definition) is 2. The number of fused-ring (bicyclic) bond motifs is 2. The molecule has 0 unspecified atom stereocenters. The van der Waals surface area contributed by atoms with E-state index < -0.39 is 11.2 Å². The maximum absolute atomic E-state index is 13.8. The van der Waals surface area contributed by atoms with E-state index in [-0.39, 0.29) is 0 Å². The normalized spacial score (nSPS) is 21.9. The molecule has 0 bridgehead atoms. The van der Waals surface area contributed by atoms with Crippen LogP contribution in [-0.4, -0.2) is 21.4 Å². The fourth-order valence-electron chi connectivity index (χ4n) is 7.21. The molecule has 0 fully saturated rings. The SMILES string of the molecule is OC1(C2(O)C(=C3C=CC=C3)c3ccccc3C2=C2C=CC=C2)C(=C2C=CC=C2)c2ccccc2C1=C1C=CC=C1. The Bertz CT molecular complexity index is 1570. The first-order chi connectivity index (χ1) is 19.6. The predicted octanol–water partition coefficient (Wildman–Crippen LogP) is 7.39. The zero-order valence-corrected chi connectivity index (χ0v) is 21.8. The Balaban J connectivity index is 1.60. The molecule has 2 heteroatoms. The Morgan fingerprint density at radius 2 is 0.525 bits per heavy atom. The van der Waals surface area contributed by atoms with E-state index in [1.54, 1.807) is 0 Å². The van der Waals surface area contributed by atoms with Crippen molar-refractivity contribution in [3.63, 3.8) is 0 Å². The van der Waals surface area contributed by atoms with Gasteiger partial charge in [-0.2, -0.15) is 0 Å². The van der Waals surface area contributed by atoms with Crippen molar-refractivity contribution in [2.45, 2.75) is 11.2 Å². The summed E-state index contributed by atoms with van der Waals surface area (Å²) in [4.78, 5) is 0. The van der Waals surface area contributed by atoms with Gasteiger partial charge in [0.2, 0.25) is 0 Å². The third kappa shape index (κ3) is 2.84. The van der Waals surface area contributed by atoms with Crippen molar-refractivity contribution in [1.82, 2.24) is 0 Å². The van der Waals surface area contributed by atoms with Crippen LogP contribution in [0.1, 0.15) is 22.3 Å². The average molecular weight is 515 g/mol. The molecule has 0 radical (unpaired) electrons. The van der Waals surface area contributed by atoms with Gasteiger partial charge >= 0.3 is 0 Å². The quantitative estimate of drug-likeness (QED) is 0.416. The minimum absolute atomic E-state index is 0.715. The summed E-state index contributed by atoms with van der Waals surface area (Å²) in [5.41, 5.74) is 6.51. The standard InChI is InChI=1S/C38H26O2/c39-37(33(25-13-1-2-14-25)29-21-9-10-22-30(29)34(37)26-15-3-4-16-26)38(40)35(27-17-5-6-18-27)31-23-11-12-24-32(31)36(38)28-19-7-8-20-28/h1-24,39-40H. The molecule has 0 aliphatic heterocycles. The molecular formula is C38H26O2. The van der Waals surface area contributed by atoms with Crippen molar-refractivity contribution in [2.75, 3.05) is 0 Å². The maximum Gasteiger partial charge on any atom is 0.154 e. The number of allylic oxidation sites excluding steroid dienone is 20. The van der Waals surface area contributed by atoms with E-state index in [0.29, 0.717) is 22.3 Å². The molecule has 2 aromatic carbocycles. The lowest BCUT2D eigenvalue weighted by Gasteiger charge is -2.45. The van der Waals surface area contributed by atoms with Crippen LogP contribution in [0.4, 0.5) is 0 Å². The summed E-state index contributed by atoms with van der Waals surface area (Å²) < 4.78 is 0. The largest absolute Gasteiger partial charge is 0.376 e. The lowest BCUT2D eigenvalue weighted by molar-refractivity contribution is 0.00194. The van der Waals surface area contributed by atoms with Crippen molar-refractivity contribution in [2.24, 2.45) is 0 Å². The third-order valence-electron chi connectivity index (χ3n) is 8.71. The Morgan fingerprint density at radius 3 is 0.725 bits per heavy atom. The van der Waals surface area contributed by atoms with E-state index in [0.717, 1.165) is 44.5 Å². The minimum atomic E-state index is -1.82. The summed E-state index contributed by atoms with van der Waals surface area (Å²) in [5.74, 6) is 0. The van der Waals surface area contributed by atoms with Crippen LogP contribution in [0.5, 0.6) is 0 Å². The van der Waals surface area contributed by atoms with E-state index in [1.807, 2.05) is 121 Å². The second-order valence-electron chi connectivity index (χ2n) is 10.7. The second-order valence-corrected chi connectivity index (χ2v) is 10.7. The van der Waals surface area contributed by atoms with Crippen LogP contribution in [0.25, 0.3) is 22.3 Å². The smallest absolute Gasteiger partial charge is 0.154 e. The van der Waals surface area contributed by atoms with Crippen molar-refractivity contribution >= 4 is 22.3 Å². The predicted molar refractivity (Wildman–Crippen MR) is 164 cm³/mol. The average Bonchev–Trinajstić information content (AvgIpc) is 3.79. The molecule has 0 aromatic heterocycles. The van der Waals surface area contributed by atoms with E-state index in [4.69, 9.17) is 0 Å². The molecule has 0 spiro atoms. The van der Waals surface area contributed by atoms with Gasteiger partial charge in [-0.15, -0.1) is 0 Å². The summed E-state index contributed by atoms with van der Waals surface area (Å²) >= 11 is 0. The first-order valence-corrected chi connectivity index (χ1v) is 13.7. The molecule has 190 valence electrons. The Hall–Kier alpha value is -4.76. The second kappa shape index (κ2) is 8.37. The van der Waals surface area contributed by atoms with Crippen LogP contribution in [0.2, 0.25) is 0 Å². The molecule has 0 saturated carbocycles. The third-order valence-corrected chi connectivity index (χ3v) is 8.71. The monoisotopic (exact) mass is 514 g/mol. The van der Waals surface area contributed by atoms with Crippen molar-refractivity contribution in [1.29, 1.82) is 0 Å². The molecule has 40 heavy (non-hydrogen) atoms. The molecule has 2 N–H and O–H groups in total. The topological polar surface area (TPSA) is 40.5 Å². The first kappa shape index (κ1) is 23.2. The summed E-state index contributed by atoms with van der Waals surface area (Å²) in [7, 11) is 0. The molecule has 0 heterocycles. The number of aliphatic hydroxyl groups is 2. The Labute approximate surface area is 233 Å². The van der Waals surface area contributed by atoms with Gasteiger partial charge in [-0.05, 0) is 44.5 Å². The van der Waals surface area contributed by atoms with Gasteiger partial charge in [-0.25, -0.2) is 0 Å². The fourth-order valence-corrected chi connectivity index (χ4v) is 7.21. The van der Waals surface area contributed by atoms with E-state index in [1.165, 1.54) is 0 Å². The van der Waals surface area contributed by atoms with Crippen LogP contribution in [0, 0.1) is 0 Å². The molecule has 0 amide bonds. The van der Waals surface area contributed by atoms with Crippen LogP contribution < -0.4 is 0 Å². The van der Waals surface area contributed by atoms with E-state index in [9.17, 15) is 10.2 Å². The van der Waals surface area contributed by atoms with Crippen LogP contribution in [0.3, 0.4) is 0 Å².